The van der Waals surface area contributed by atoms with Gasteiger partial charge in [0.25, 0.3) is 5.91 Å². The van der Waals surface area contributed by atoms with E-state index < -0.39 is 17.8 Å². The lowest BCUT2D eigenvalue weighted by atomic mass is 9.98. The number of aryl methyl sites for hydroxylation is 2. The average molecular weight is 467 g/mol. The van der Waals surface area contributed by atoms with Gasteiger partial charge in [-0.1, -0.05) is 11.6 Å². The highest BCUT2D eigenvalue weighted by molar-refractivity contribution is 7.13. The van der Waals surface area contributed by atoms with Crippen LogP contribution < -0.4 is 14.9 Å². The van der Waals surface area contributed by atoms with Crippen molar-refractivity contribution in [1.29, 1.82) is 0 Å². The van der Waals surface area contributed by atoms with Crippen LogP contribution in [0.5, 0.6) is 5.75 Å². The Kier molecular flexibility index (Phi) is 7.04. The molecule has 2 aromatic heterocycles. The predicted molar refractivity (Wildman–Crippen MR) is 117 cm³/mol. The van der Waals surface area contributed by atoms with Crippen LogP contribution in [0.4, 0.5) is 9.52 Å². The topological polar surface area (TPSA) is 106 Å². The lowest BCUT2D eigenvalue weighted by Crippen LogP contribution is -2.18. The van der Waals surface area contributed by atoms with Crippen LogP contribution in [0.3, 0.4) is 0 Å². The Morgan fingerprint density at radius 1 is 1.45 bits per heavy atom. The van der Waals surface area contributed by atoms with Gasteiger partial charge in [0.1, 0.15) is 5.75 Å². The maximum atomic E-state index is 14.9. The van der Waals surface area contributed by atoms with Crippen LogP contribution in [0.25, 0.3) is 11.1 Å². The van der Waals surface area contributed by atoms with Crippen molar-refractivity contribution in [2.24, 2.45) is 0 Å². The number of hydrogen-bond donors (Lipinski definition) is 2. The van der Waals surface area contributed by atoms with Crippen molar-refractivity contribution in [2.45, 2.75) is 32.9 Å². The monoisotopic (exact) mass is 466 g/mol. The SMILES string of the molecule is COc1ccc(Cl)c(F)c1-c1cc(C)ncc1C(=O)Nc1nn(CCC(C)O)c(=O)s1. The zero-order chi connectivity index (χ0) is 22.7. The van der Waals surface area contributed by atoms with Gasteiger partial charge in [-0.15, -0.1) is 5.10 Å². The molecule has 0 fully saturated rings. The quantitative estimate of drug-likeness (QED) is 0.552. The first-order valence-corrected chi connectivity index (χ1v) is 10.5. The molecule has 0 radical (unpaired) electrons. The van der Waals surface area contributed by atoms with Crippen LogP contribution in [0, 0.1) is 12.7 Å². The summed E-state index contributed by atoms with van der Waals surface area (Å²) in [6, 6.07) is 4.42. The van der Waals surface area contributed by atoms with Gasteiger partial charge in [-0.2, -0.15) is 0 Å². The minimum Gasteiger partial charge on any atom is -0.496 e. The van der Waals surface area contributed by atoms with E-state index in [0.29, 0.717) is 12.1 Å². The maximum Gasteiger partial charge on any atom is 0.326 e. The van der Waals surface area contributed by atoms with E-state index in [2.05, 4.69) is 15.4 Å². The van der Waals surface area contributed by atoms with Crippen LogP contribution in [-0.4, -0.2) is 39.0 Å². The van der Waals surface area contributed by atoms with Gasteiger partial charge < -0.3 is 9.84 Å². The van der Waals surface area contributed by atoms with Gasteiger partial charge in [0, 0.05) is 24.0 Å². The normalized spacial score (nSPS) is 11.9. The molecule has 164 valence electrons. The van der Waals surface area contributed by atoms with Crippen molar-refractivity contribution in [3.05, 3.63) is 56.2 Å². The van der Waals surface area contributed by atoms with Crippen molar-refractivity contribution in [3.63, 3.8) is 0 Å². The molecular weight excluding hydrogens is 447 g/mol. The highest BCUT2D eigenvalue weighted by Gasteiger charge is 2.23. The second-order valence-electron chi connectivity index (χ2n) is 6.80. The van der Waals surface area contributed by atoms with Gasteiger partial charge in [0.2, 0.25) is 5.13 Å². The molecule has 0 bridgehead atoms. The lowest BCUT2D eigenvalue weighted by molar-refractivity contribution is 0.102. The highest BCUT2D eigenvalue weighted by atomic mass is 35.5. The number of aliphatic hydroxyl groups excluding tert-OH is 1. The lowest BCUT2D eigenvalue weighted by Gasteiger charge is -2.14. The summed E-state index contributed by atoms with van der Waals surface area (Å²) in [5.41, 5.74) is 0.882. The third-order valence-electron chi connectivity index (χ3n) is 4.42. The van der Waals surface area contributed by atoms with Gasteiger partial charge in [-0.05, 0) is 49.8 Å². The van der Waals surface area contributed by atoms with E-state index in [-0.39, 0.29) is 44.0 Å². The zero-order valence-electron chi connectivity index (χ0n) is 17.0. The number of methoxy groups -OCH3 is 1. The number of amides is 1. The molecule has 0 aliphatic carbocycles. The van der Waals surface area contributed by atoms with Crippen molar-refractivity contribution in [3.8, 4) is 16.9 Å². The minimum absolute atomic E-state index is 0.0290. The summed E-state index contributed by atoms with van der Waals surface area (Å²) in [5.74, 6) is -1.15. The molecule has 1 amide bonds. The number of anilines is 1. The molecule has 31 heavy (non-hydrogen) atoms. The number of halogens is 2. The molecule has 0 saturated heterocycles. The number of carbonyl (C=O) groups is 1. The maximum absolute atomic E-state index is 14.9. The molecule has 1 aromatic carbocycles. The summed E-state index contributed by atoms with van der Waals surface area (Å²) in [6.07, 6.45) is 1.07. The number of hydrogen-bond acceptors (Lipinski definition) is 7. The second kappa shape index (κ2) is 9.54. The smallest absolute Gasteiger partial charge is 0.326 e. The Bertz CT molecular complexity index is 1180. The number of ether oxygens (including phenoxy) is 1. The second-order valence-corrected chi connectivity index (χ2v) is 8.15. The van der Waals surface area contributed by atoms with Crippen LogP contribution in [0.1, 0.15) is 29.4 Å². The third kappa shape index (κ3) is 5.09. The molecule has 0 aliphatic rings. The fraction of sp³-hybridized carbons (Fsp3) is 0.300. The van der Waals surface area contributed by atoms with Gasteiger partial charge >= 0.3 is 4.87 Å². The van der Waals surface area contributed by atoms with Crippen LogP contribution in [-0.2, 0) is 6.54 Å². The van der Waals surface area contributed by atoms with E-state index >= 15 is 0 Å². The van der Waals surface area contributed by atoms with E-state index in [4.69, 9.17) is 16.3 Å². The molecule has 3 aromatic rings. The first-order chi connectivity index (χ1) is 14.7. The molecule has 8 nitrogen and oxygen atoms in total. The van der Waals surface area contributed by atoms with E-state index in [1.807, 2.05) is 0 Å². The van der Waals surface area contributed by atoms with Gasteiger partial charge in [0.05, 0.1) is 29.4 Å². The Morgan fingerprint density at radius 2 is 2.19 bits per heavy atom. The van der Waals surface area contributed by atoms with Crippen LogP contribution in [0.15, 0.2) is 29.2 Å². The molecule has 0 spiro atoms. The summed E-state index contributed by atoms with van der Waals surface area (Å²) in [5, 5.41) is 16.0. The Labute approximate surface area is 186 Å². The molecule has 1 unspecified atom stereocenters. The van der Waals surface area contributed by atoms with Crippen molar-refractivity contribution < 1.29 is 19.0 Å². The standard InChI is InChI=1S/C20H20ClFN4O4S/c1-10-8-12(16-15(30-3)5-4-14(21)17(16)22)13(9-23-10)18(28)24-19-25-26(20(29)31-19)7-6-11(2)27/h4-5,8-9,11,27H,6-7H2,1-3H3,(H,24,25,28). The van der Waals surface area contributed by atoms with E-state index in [1.54, 1.807) is 19.9 Å². The van der Waals surface area contributed by atoms with Crippen molar-refractivity contribution in [2.75, 3.05) is 12.4 Å². The number of benzene rings is 1. The van der Waals surface area contributed by atoms with E-state index in [1.165, 1.54) is 30.1 Å². The van der Waals surface area contributed by atoms with E-state index in [9.17, 15) is 19.1 Å². The summed E-state index contributed by atoms with van der Waals surface area (Å²) < 4.78 is 21.3. The number of pyridine rings is 1. The molecule has 11 heteroatoms. The largest absolute Gasteiger partial charge is 0.496 e. The third-order valence-corrected chi connectivity index (χ3v) is 5.47. The predicted octanol–water partition coefficient (Wildman–Crippen LogP) is 3.50. The van der Waals surface area contributed by atoms with Crippen LogP contribution >= 0.6 is 22.9 Å². The molecule has 1 atom stereocenters. The van der Waals surface area contributed by atoms with E-state index in [0.717, 1.165) is 11.3 Å². The number of aromatic nitrogens is 3. The molecule has 2 heterocycles. The highest BCUT2D eigenvalue weighted by Crippen LogP contribution is 2.38. The number of carbonyl (C=O) groups excluding carboxylic acids is 1. The van der Waals surface area contributed by atoms with Gasteiger partial charge in [-0.25, -0.2) is 9.07 Å². The summed E-state index contributed by atoms with van der Waals surface area (Å²) in [7, 11) is 1.39. The number of rotatable bonds is 7. The van der Waals surface area contributed by atoms with Crippen LogP contribution in [0.2, 0.25) is 5.02 Å². The fourth-order valence-corrected chi connectivity index (χ4v) is 3.72. The first kappa shape index (κ1) is 22.9. The average Bonchev–Trinajstić information content (AvgIpc) is 3.07. The summed E-state index contributed by atoms with van der Waals surface area (Å²) in [6.45, 7) is 3.52. The van der Waals surface area contributed by atoms with Crippen molar-refractivity contribution in [1.82, 2.24) is 14.8 Å². The molecule has 3 rings (SSSR count). The van der Waals surface area contributed by atoms with Crippen molar-refractivity contribution >= 4 is 34.0 Å². The Balaban J connectivity index is 1.99. The fourth-order valence-electron chi connectivity index (χ4n) is 2.87. The molecule has 2 N–H and O–H groups in total. The number of nitrogens with one attached hydrogen (secondary N) is 1. The summed E-state index contributed by atoms with van der Waals surface area (Å²) >= 11 is 6.71. The molecular formula is C20H20ClFN4O4S. The zero-order valence-corrected chi connectivity index (χ0v) is 18.6. The Morgan fingerprint density at radius 3 is 2.87 bits per heavy atom. The first-order valence-electron chi connectivity index (χ1n) is 9.27. The number of aliphatic hydroxyl groups is 1. The van der Waals surface area contributed by atoms with Gasteiger partial charge in [-0.3, -0.25) is 19.9 Å². The molecule has 0 aliphatic heterocycles. The summed E-state index contributed by atoms with van der Waals surface area (Å²) in [4.78, 5) is 28.8. The molecule has 0 saturated carbocycles. The van der Waals surface area contributed by atoms with Gasteiger partial charge in [0.15, 0.2) is 5.82 Å². The number of nitrogens with zero attached hydrogens (tertiary/aromatic N) is 3. The minimum atomic E-state index is -0.729. The Hall–Kier alpha value is -2.82.